The van der Waals surface area contributed by atoms with Gasteiger partial charge in [-0.05, 0) is 18.6 Å². The molecule has 0 saturated carbocycles. The van der Waals surface area contributed by atoms with Gasteiger partial charge in [-0.15, -0.1) is 0 Å². The summed E-state index contributed by atoms with van der Waals surface area (Å²) in [5.74, 6) is 0.720. The van der Waals surface area contributed by atoms with Crippen molar-refractivity contribution in [1.29, 1.82) is 5.41 Å². The summed E-state index contributed by atoms with van der Waals surface area (Å²) in [5, 5.41) is 17.9. The molecule has 0 aliphatic rings. The SMILES string of the molecule is CC[C@@H](C=N)c1nc(-c2ccc([N+](=O)[O-])cc2)c[nH]1. The van der Waals surface area contributed by atoms with Gasteiger partial charge in [0.25, 0.3) is 5.69 Å². The van der Waals surface area contributed by atoms with Crippen LogP contribution in [0.4, 0.5) is 5.69 Å². The zero-order valence-electron chi connectivity index (χ0n) is 10.5. The minimum absolute atomic E-state index is 0.0215. The Kier molecular flexibility index (Phi) is 3.70. The lowest BCUT2D eigenvalue weighted by atomic mass is 10.1. The lowest BCUT2D eigenvalue weighted by molar-refractivity contribution is -0.384. The molecule has 98 valence electrons. The number of aromatic amines is 1. The number of hydrogen-bond acceptors (Lipinski definition) is 4. The maximum atomic E-state index is 10.6. The summed E-state index contributed by atoms with van der Waals surface area (Å²) in [5.41, 5.74) is 1.60. The molecule has 1 aromatic heterocycles. The predicted molar refractivity (Wildman–Crippen MR) is 72.5 cm³/mol. The van der Waals surface area contributed by atoms with Crippen molar-refractivity contribution < 1.29 is 4.92 Å². The second-order valence-electron chi connectivity index (χ2n) is 4.16. The van der Waals surface area contributed by atoms with Crippen molar-refractivity contribution in [2.24, 2.45) is 0 Å². The Morgan fingerprint density at radius 3 is 2.68 bits per heavy atom. The molecule has 1 heterocycles. The second kappa shape index (κ2) is 5.43. The van der Waals surface area contributed by atoms with Crippen molar-refractivity contribution in [3.63, 3.8) is 0 Å². The Morgan fingerprint density at radius 1 is 1.47 bits per heavy atom. The molecule has 0 fully saturated rings. The summed E-state index contributed by atoms with van der Waals surface area (Å²) in [6.45, 7) is 1.99. The number of hydrogen-bond donors (Lipinski definition) is 2. The van der Waals surface area contributed by atoms with E-state index in [1.54, 1.807) is 18.3 Å². The van der Waals surface area contributed by atoms with E-state index in [0.29, 0.717) is 0 Å². The second-order valence-corrected chi connectivity index (χ2v) is 4.16. The molecule has 2 N–H and O–H groups in total. The molecular weight excluding hydrogens is 244 g/mol. The number of non-ortho nitro benzene ring substituents is 1. The van der Waals surface area contributed by atoms with Crippen LogP contribution in [0.15, 0.2) is 30.5 Å². The fourth-order valence-electron chi connectivity index (χ4n) is 1.82. The first-order valence-corrected chi connectivity index (χ1v) is 5.96. The molecule has 6 nitrogen and oxygen atoms in total. The minimum Gasteiger partial charge on any atom is -0.347 e. The Bertz CT molecular complexity index is 589. The number of rotatable bonds is 5. The van der Waals surface area contributed by atoms with Crippen molar-refractivity contribution in [1.82, 2.24) is 9.97 Å². The van der Waals surface area contributed by atoms with Crippen molar-refractivity contribution in [2.45, 2.75) is 19.3 Å². The van der Waals surface area contributed by atoms with Crippen LogP contribution in [0.1, 0.15) is 25.1 Å². The molecule has 0 aliphatic carbocycles. The predicted octanol–water partition coefficient (Wildman–Crippen LogP) is 3.13. The van der Waals surface area contributed by atoms with Crippen LogP contribution < -0.4 is 0 Å². The number of imidazole rings is 1. The minimum atomic E-state index is -0.429. The Morgan fingerprint density at radius 2 is 2.16 bits per heavy atom. The van der Waals surface area contributed by atoms with Gasteiger partial charge in [0.05, 0.1) is 16.5 Å². The standard InChI is InChI=1S/C13H14N4O2/c1-2-9(7-14)13-15-8-12(16-13)10-3-5-11(6-4-10)17(18)19/h3-9,14H,2H2,1H3,(H,15,16)/t9-/m0/s1. The molecule has 2 rings (SSSR count). The van der Waals surface area contributed by atoms with Gasteiger partial charge >= 0.3 is 0 Å². The molecular formula is C13H14N4O2. The van der Waals surface area contributed by atoms with Crippen LogP contribution in [0.2, 0.25) is 0 Å². The van der Waals surface area contributed by atoms with E-state index in [1.807, 2.05) is 6.92 Å². The van der Waals surface area contributed by atoms with Crippen LogP contribution in [0.3, 0.4) is 0 Å². The average molecular weight is 258 g/mol. The topological polar surface area (TPSA) is 95.7 Å². The summed E-state index contributed by atoms with van der Waals surface area (Å²) in [4.78, 5) is 17.6. The Hall–Kier alpha value is -2.50. The van der Waals surface area contributed by atoms with Crippen molar-refractivity contribution >= 4 is 11.9 Å². The van der Waals surface area contributed by atoms with Gasteiger partial charge in [0.15, 0.2) is 0 Å². The van der Waals surface area contributed by atoms with E-state index < -0.39 is 4.92 Å². The molecule has 0 aliphatic heterocycles. The van der Waals surface area contributed by atoms with E-state index in [4.69, 9.17) is 5.41 Å². The average Bonchev–Trinajstić information content (AvgIpc) is 2.90. The fraction of sp³-hybridized carbons (Fsp3) is 0.231. The van der Waals surface area contributed by atoms with Crippen molar-refractivity contribution in [3.05, 3.63) is 46.4 Å². The van der Waals surface area contributed by atoms with Crippen LogP contribution in [-0.2, 0) is 0 Å². The van der Waals surface area contributed by atoms with E-state index in [9.17, 15) is 10.1 Å². The summed E-state index contributed by atoms with van der Waals surface area (Å²) in [7, 11) is 0. The quantitative estimate of drug-likeness (QED) is 0.490. The van der Waals surface area contributed by atoms with Gasteiger partial charge in [0, 0.05) is 30.1 Å². The zero-order valence-corrected chi connectivity index (χ0v) is 10.5. The molecule has 0 bridgehead atoms. The highest BCUT2D eigenvalue weighted by Gasteiger charge is 2.12. The van der Waals surface area contributed by atoms with Gasteiger partial charge in [-0.25, -0.2) is 4.98 Å². The van der Waals surface area contributed by atoms with Gasteiger partial charge < -0.3 is 10.4 Å². The maximum Gasteiger partial charge on any atom is 0.269 e. The number of benzene rings is 1. The third-order valence-corrected chi connectivity index (χ3v) is 2.96. The number of nitrogens with one attached hydrogen (secondary N) is 2. The molecule has 0 radical (unpaired) electrons. The molecule has 1 aromatic carbocycles. The Balaban J connectivity index is 2.27. The highest BCUT2D eigenvalue weighted by atomic mass is 16.6. The monoisotopic (exact) mass is 258 g/mol. The van der Waals surface area contributed by atoms with Crippen LogP contribution in [0.25, 0.3) is 11.3 Å². The fourth-order valence-corrected chi connectivity index (χ4v) is 1.82. The number of aromatic nitrogens is 2. The normalized spacial score (nSPS) is 12.1. The third kappa shape index (κ3) is 2.67. The number of H-pyrrole nitrogens is 1. The summed E-state index contributed by atoms with van der Waals surface area (Å²) < 4.78 is 0. The lowest BCUT2D eigenvalue weighted by Crippen LogP contribution is -2.00. The van der Waals surface area contributed by atoms with Crippen LogP contribution in [-0.4, -0.2) is 21.1 Å². The van der Waals surface area contributed by atoms with E-state index >= 15 is 0 Å². The first kappa shape index (κ1) is 12.9. The third-order valence-electron chi connectivity index (χ3n) is 2.96. The maximum absolute atomic E-state index is 10.6. The lowest BCUT2D eigenvalue weighted by Gasteiger charge is -2.03. The van der Waals surface area contributed by atoms with E-state index in [0.717, 1.165) is 23.5 Å². The molecule has 1 atom stereocenters. The van der Waals surface area contributed by atoms with E-state index in [-0.39, 0.29) is 11.6 Å². The first-order chi connectivity index (χ1) is 9.15. The van der Waals surface area contributed by atoms with E-state index in [2.05, 4.69) is 9.97 Å². The highest BCUT2D eigenvalue weighted by molar-refractivity contribution is 5.65. The van der Waals surface area contributed by atoms with Gasteiger partial charge in [0.1, 0.15) is 5.82 Å². The van der Waals surface area contributed by atoms with Gasteiger partial charge in [-0.3, -0.25) is 10.1 Å². The molecule has 0 saturated heterocycles. The zero-order chi connectivity index (χ0) is 13.8. The number of nitro groups is 1. The van der Waals surface area contributed by atoms with Crippen molar-refractivity contribution in [3.8, 4) is 11.3 Å². The largest absolute Gasteiger partial charge is 0.347 e. The van der Waals surface area contributed by atoms with E-state index in [1.165, 1.54) is 18.3 Å². The molecule has 0 spiro atoms. The Labute approximate surface area is 110 Å². The van der Waals surface area contributed by atoms with Gasteiger partial charge in [-0.2, -0.15) is 0 Å². The smallest absolute Gasteiger partial charge is 0.269 e. The van der Waals surface area contributed by atoms with Gasteiger partial charge in [0.2, 0.25) is 0 Å². The first-order valence-electron chi connectivity index (χ1n) is 5.96. The molecule has 0 unspecified atom stereocenters. The van der Waals surface area contributed by atoms with Gasteiger partial charge in [-0.1, -0.05) is 6.92 Å². The molecule has 0 amide bonds. The number of nitrogens with zero attached hydrogens (tertiary/aromatic N) is 2. The van der Waals surface area contributed by atoms with Crippen LogP contribution >= 0.6 is 0 Å². The molecule has 19 heavy (non-hydrogen) atoms. The highest BCUT2D eigenvalue weighted by Crippen LogP contribution is 2.23. The van der Waals surface area contributed by atoms with Crippen molar-refractivity contribution in [2.75, 3.05) is 0 Å². The summed E-state index contributed by atoms with van der Waals surface area (Å²) in [6, 6.07) is 6.25. The summed E-state index contributed by atoms with van der Waals surface area (Å²) >= 11 is 0. The number of nitro benzene ring substituents is 1. The molecule has 2 aromatic rings. The van der Waals surface area contributed by atoms with Crippen LogP contribution in [0.5, 0.6) is 0 Å². The summed E-state index contributed by atoms with van der Waals surface area (Å²) in [6.07, 6.45) is 3.91. The van der Waals surface area contributed by atoms with Crippen LogP contribution in [0, 0.1) is 15.5 Å². The molecule has 6 heteroatoms.